The fourth-order valence-corrected chi connectivity index (χ4v) is 3.24. The number of carbonyl (C=O) groups is 1. The van der Waals surface area contributed by atoms with Gasteiger partial charge in [0.2, 0.25) is 0 Å². The number of sulfonamides is 1. The summed E-state index contributed by atoms with van der Waals surface area (Å²) in [6, 6.07) is -0.398. The van der Waals surface area contributed by atoms with E-state index in [0.29, 0.717) is 26.1 Å². The number of carbonyl (C=O) groups excluding carboxylic acids is 1. The summed E-state index contributed by atoms with van der Waals surface area (Å²) in [5.74, 6) is 0. The highest BCUT2D eigenvalue weighted by Crippen LogP contribution is 2.11. The average molecular weight is 329 g/mol. The first-order valence-electron chi connectivity index (χ1n) is 7.24. The molecule has 0 radical (unpaired) electrons. The highest BCUT2D eigenvalue weighted by molar-refractivity contribution is 7.88. The van der Waals surface area contributed by atoms with Crippen LogP contribution in [0.2, 0.25) is 0 Å². The van der Waals surface area contributed by atoms with Gasteiger partial charge in [-0.1, -0.05) is 13.0 Å². The molecule has 9 heteroatoms. The molecule has 0 aliphatic rings. The Balaban J connectivity index is 3.07. The Labute approximate surface area is 131 Å². The van der Waals surface area contributed by atoms with Gasteiger partial charge in [0.15, 0.2) is 0 Å². The Morgan fingerprint density at radius 1 is 1.36 bits per heavy atom. The molecule has 124 valence electrons. The number of amides is 1. The van der Waals surface area contributed by atoms with Crippen LogP contribution in [-0.2, 0) is 10.0 Å². The maximum absolute atomic E-state index is 12.5. The van der Waals surface area contributed by atoms with Crippen molar-refractivity contribution in [2.75, 3.05) is 26.2 Å². The Hall–Kier alpha value is -1.74. The monoisotopic (exact) mass is 329 g/mol. The quantitative estimate of drug-likeness (QED) is 0.668. The van der Waals surface area contributed by atoms with Crippen molar-refractivity contribution in [3.05, 3.63) is 19.0 Å². The molecule has 0 fully saturated rings. The van der Waals surface area contributed by atoms with Crippen molar-refractivity contribution >= 4 is 16.1 Å². The second-order valence-electron chi connectivity index (χ2n) is 4.58. The maximum atomic E-state index is 12.5. The van der Waals surface area contributed by atoms with Crippen LogP contribution in [0.25, 0.3) is 0 Å². The summed E-state index contributed by atoms with van der Waals surface area (Å²) in [6.07, 6.45) is 3.29. The van der Waals surface area contributed by atoms with E-state index in [-0.39, 0.29) is 11.7 Å². The molecule has 1 aromatic rings. The summed E-state index contributed by atoms with van der Waals surface area (Å²) < 4.78 is 27.1. The smallest absolute Gasteiger partial charge is 0.323 e. The van der Waals surface area contributed by atoms with E-state index in [1.807, 2.05) is 20.8 Å². The van der Waals surface area contributed by atoms with Crippen molar-refractivity contribution in [3.8, 4) is 0 Å². The summed E-state index contributed by atoms with van der Waals surface area (Å²) in [5, 5.41) is 3.46. The van der Waals surface area contributed by atoms with Crippen LogP contribution in [0.3, 0.4) is 0 Å². The van der Waals surface area contributed by atoms with Gasteiger partial charge in [0.25, 0.3) is 15.2 Å². The van der Waals surface area contributed by atoms with Crippen molar-refractivity contribution < 1.29 is 13.2 Å². The van der Waals surface area contributed by atoms with Gasteiger partial charge in [-0.3, -0.25) is 0 Å². The van der Waals surface area contributed by atoms with Gasteiger partial charge in [-0.15, -0.1) is 11.7 Å². The maximum Gasteiger partial charge on any atom is 0.346 e. The van der Waals surface area contributed by atoms with Crippen LogP contribution >= 0.6 is 0 Å². The van der Waals surface area contributed by atoms with Crippen LogP contribution in [0.15, 0.2) is 24.1 Å². The Morgan fingerprint density at radius 3 is 2.50 bits per heavy atom. The van der Waals surface area contributed by atoms with Crippen LogP contribution < -0.4 is 0 Å². The van der Waals surface area contributed by atoms with E-state index in [9.17, 15) is 13.2 Å². The predicted molar refractivity (Wildman–Crippen MR) is 83.0 cm³/mol. The first kappa shape index (κ1) is 18.3. The number of nitrogens with zero attached hydrogens (tertiary/aromatic N) is 5. The van der Waals surface area contributed by atoms with E-state index in [4.69, 9.17) is 0 Å². The summed E-state index contributed by atoms with van der Waals surface area (Å²) in [4.78, 5) is 17.4. The van der Waals surface area contributed by atoms with Gasteiger partial charge in [0, 0.05) is 26.2 Å². The molecule has 1 heterocycles. The van der Waals surface area contributed by atoms with Crippen LogP contribution in [0.1, 0.15) is 27.2 Å². The van der Waals surface area contributed by atoms with Crippen molar-refractivity contribution in [1.29, 1.82) is 0 Å². The molecular weight excluding hydrogens is 306 g/mol. The number of hydrogen-bond acceptors (Lipinski definition) is 5. The van der Waals surface area contributed by atoms with E-state index in [0.717, 1.165) is 11.0 Å². The minimum absolute atomic E-state index is 0.175. The summed E-state index contributed by atoms with van der Waals surface area (Å²) in [6.45, 7) is 10.6. The van der Waals surface area contributed by atoms with Crippen LogP contribution in [0, 0.1) is 0 Å². The molecule has 8 nitrogen and oxygen atoms in total. The summed E-state index contributed by atoms with van der Waals surface area (Å²) >= 11 is 0. The first-order valence-corrected chi connectivity index (χ1v) is 8.68. The molecular formula is C13H23N5O3S. The zero-order valence-corrected chi connectivity index (χ0v) is 14.1. The number of hydrogen-bond donors (Lipinski definition) is 0. The molecule has 0 N–H and O–H groups in total. The third kappa shape index (κ3) is 3.92. The molecule has 0 saturated heterocycles. The van der Waals surface area contributed by atoms with E-state index in [1.165, 1.54) is 15.3 Å². The van der Waals surface area contributed by atoms with Crippen molar-refractivity contribution in [2.45, 2.75) is 32.3 Å². The summed E-state index contributed by atoms with van der Waals surface area (Å²) in [5.41, 5.74) is 0. The fraction of sp³-hybridized carbons (Fsp3) is 0.615. The highest BCUT2D eigenvalue weighted by Gasteiger charge is 2.28. The van der Waals surface area contributed by atoms with Gasteiger partial charge in [-0.05, 0) is 20.3 Å². The molecule has 22 heavy (non-hydrogen) atoms. The van der Waals surface area contributed by atoms with Gasteiger partial charge in [0.1, 0.15) is 6.33 Å². The lowest BCUT2D eigenvalue weighted by molar-refractivity contribution is 0.201. The minimum atomic E-state index is -3.83. The minimum Gasteiger partial charge on any atom is -0.323 e. The predicted octanol–water partition coefficient (Wildman–Crippen LogP) is 1.17. The molecule has 0 aliphatic heterocycles. The van der Waals surface area contributed by atoms with Gasteiger partial charge in [0.05, 0.1) is 0 Å². The summed E-state index contributed by atoms with van der Waals surface area (Å²) in [7, 11) is -3.83. The van der Waals surface area contributed by atoms with E-state index < -0.39 is 16.1 Å². The molecule has 0 aromatic carbocycles. The van der Waals surface area contributed by atoms with Crippen LogP contribution in [0.4, 0.5) is 4.79 Å². The third-order valence-corrected chi connectivity index (χ3v) is 4.74. The normalized spacial score (nSPS) is 11.6. The van der Waals surface area contributed by atoms with Crippen molar-refractivity contribution in [3.63, 3.8) is 0 Å². The molecule has 0 atom stereocenters. The van der Waals surface area contributed by atoms with Gasteiger partial charge >= 0.3 is 6.03 Å². The number of aromatic nitrogens is 3. The Bertz CT molecular complexity index is 607. The molecule has 1 aromatic heterocycles. The number of rotatable bonds is 8. The molecule has 0 spiro atoms. The Kier molecular flexibility index (Phi) is 6.69. The average Bonchev–Trinajstić information content (AvgIpc) is 2.98. The zero-order chi connectivity index (χ0) is 16.8. The fourth-order valence-electron chi connectivity index (χ4n) is 1.92. The van der Waals surface area contributed by atoms with Gasteiger partial charge in [-0.25, -0.2) is 18.2 Å². The highest BCUT2D eigenvalue weighted by atomic mass is 32.2. The van der Waals surface area contributed by atoms with Crippen LogP contribution in [-0.4, -0.2) is 64.6 Å². The van der Waals surface area contributed by atoms with Crippen molar-refractivity contribution in [1.82, 2.24) is 24.0 Å². The molecule has 1 amide bonds. The third-order valence-electron chi connectivity index (χ3n) is 3.08. The van der Waals surface area contributed by atoms with Gasteiger partial charge < -0.3 is 4.90 Å². The second kappa shape index (κ2) is 8.04. The lowest BCUT2D eigenvalue weighted by Crippen LogP contribution is -2.35. The second-order valence-corrected chi connectivity index (χ2v) is 6.41. The van der Waals surface area contributed by atoms with Gasteiger partial charge in [-0.2, -0.15) is 8.99 Å². The molecule has 0 saturated carbocycles. The zero-order valence-electron chi connectivity index (χ0n) is 13.3. The standard InChI is InChI=1S/C13H23N5O3S/c1-5-9-17(10-6-2)22(20,21)12-14-11-18(15-12)13(19)16(7-3)8-4/h5,11H,1,6-10H2,2-4H3. The van der Waals surface area contributed by atoms with E-state index in [2.05, 4.69) is 16.7 Å². The first-order chi connectivity index (χ1) is 10.4. The molecule has 1 rings (SSSR count). The molecule has 0 aliphatic carbocycles. The lowest BCUT2D eigenvalue weighted by atomic mass is 10.5. The van der Waals surface area contributed by atoms with E-state index in [1.54, 1.807) is 0 Å². The molecule has 0 bridgehead atoms. The molecule has 0 unspecified atom stereocenters. The van der Waals surface area contributed by atoms with E-state index >= 15 is 0 Å². The topological polar surface area (TPSA) is 88.4 Å². The SMILES string of the molecule is C=CCN(CCC)S(=O)(=O)c1ncn(C(=O)N(CC)CC)n1. The van der Waals surface area contributed by atoms with Crippen molar-refractivity contribution in [2.24, 2.45) is 0 Å². The largest absolute Gasteiger partial charge is 0.346 e. The van der Waals surface area contributed by atoms with Crippen LogP contribution in [0.5, 0.6) is 0 Å². The Morgan fingerprint density at radius 2 is 2.00 bits per heavy atom. The lowest BCUT2D eigenvalue weighted by Gasteiger charge is -2.18.